The van der Waals surface area contributed by atoms with Crippen LogP contribution in [0.3, 0.4) is 0 Å². The quantitative estimate of drug-likeness (QED) is 0.177. The van der Waals surface area contributed by atoms with E-state index in [0.717, 1.165) is 57.1 Å². The number of aromatic nitrogens is 6. The molecule has 10 nitrogen and oxygen atoms in total. The highest BCUT2D eigenvalue weighted by atomic mass is 35.5. The van der Waals surface area contributed by atoms with Crippen molar-refractivity contribution in [1.82, 2.24) is 40.1 Å². The molecule has 0 atom stereocenters. The molecule has 2 amide bonds. The van der Waals surface area contributed by atoms with E-state index in [1.165, 1.54) is 6.33 Å². The van der Waals surface area contributed by atoms with E-state index in [1.54, 1.807) is 54.1 Å². The van der Waals surface area contributed by atoms with E-state index < -0.39 is 0 Å². The molecule has 12 heteroatoms. The molecule has 1 N–H and O–H groups in total. The van der Waals surface area contributed by atoms with E-state index in [-0.39, 0.29) is 11.8 Å². The summed E-state index contributed by atoms with van der Waals surface area (Å²) in [5.74, 6) is -0.298. The molecule has 1 aliphatic carbocycles. The molecule has 2 aromatic carbocycles. The Balaban J connectivity index is 0.000000160. The number of carbonyl (C=O) groups excluding carboxylic acids is 2. The fourth-order valence-corrected chi connectivity index (χ4v) is 5.76. The first kappa shape index (κ1) is 33.6. The lowest BCUT2D eigenvalue weighted by Gasteiger charge is -2.16. The average molecular weight is 714 g/mol. The number of hydrogen-bond donors (Lipinski definition) is 1. The summed E-state index contributed by atoms with van der Waals surface area (Å²) >= 11 is 11.9. The number of pyridine rings is 4. The first-order valence-corrected chi connectivity index (χ1v) is 16.9. The molecular weight excluding hydrogens is 683 g/mol. The van der Waals surface area contributed by atoms with Crippen molar-refractivity contribution < 1.29 is 9.59 Å². The van der Waals surface area contributed by atoms with Crippen LogP contribution in [0.1, 0.15) is 39.5 Å². The molecule has 5 heterocycles. The maximum absolute atomic E-state index is 12.6. The van der Waals surface area contributed by atoms with E-state index in [1.807, 2.05) is 67.7 Å². The monoisotopic (exact) mass is 712 g/mol. The molecule has 7 aromatic rings. The van der Waals surface area contributed by atoms with E-state index in [0.29, 0.717) is 39.5 Å². The van der Waals surface area contributed by atoms with Crippen molar-refractivity contribution in [3.63, 3.8) is 0 Å². The van der Waals surface area contributed by atoms with Crippen LogP contribution >= 0.6 is 23.2 Å². The number of nitrogens with zero attached hydrogens (tertiary/aromatic N) is 7. The summed E-state index contributed by atoms with van der Waals surface area (Å²) in [5.41, 5.74) is 6.67. The van der Waals surface area contributed by atoms with Crippen LogP contribution in [0.2, 0.25) is 10.0 Å². The maximum Gasteiger partial charge on any atom is 0.272 e. The summed E-state index contributed by atoms with van der Waals surface area (Å²) in [6, 6.07) is 24.3. The smallest absolute Gasteiger partial charge is 0.272 e. The van der Waals surface area contributed by atoms with Crippen molar-refractivity contribution in [3.8, 4) is 22.3 Å². The molecule has 0 radical (unpaired) electrons. The molecule has 252 valence electrons. The van der Waals surface area contributed by atoms with Gasteiger partial charge in [0.15, 0.2) is 0 Å². The lowest BCUT2D eigenvalue weighted by molar-refractivity contribution is 0.0779. The number of fused-ring (bicyclic) bond motifs is 2. The lowest BCUT2D eigenvalue weighted by Crippen LogP contribution is -2.29. The molecule has 5 aromatic heterocycles. The van der Waals surface area contributed by atoms with E-state index >= 15 is 0 Å². The summed E-state index contributed by atoms with van der Waals surface area (Å²) in [4.78, 5) is 52.6. The Hall–Kier alpha value is -5.84. The zero-order valence-electron chi connectivity index (χ0n) is 27.4. The molecule has 51 heavy (non-hydrogen) atoms. The minimum absolute atomic E-state index is 0.0294. The Labute approximate surface area is 303 Å². The standard InChI is InChI=1S/C20H14ClN5O.C19H16ClN3O/c21-15-4-1-13(2-5-15)17-11-23-9-14-3-6-18(26-19(14)17)20(27)24-10-16-7-8-22-12-25-16;1-23(15-7-8-15)19(24)17-9-4-13-10-21-11-16(18(13)22-17)12-2-5-14(20)6-3-12/h1-9,11-12H,10H2,(H,24,27);2-6,9-11,15H,7-8H2,1H3. The minimum Gasteiger partial charge on any atom is -0.345 e. The fraction of sp³-hybridized carbons (Fsp3) is 0.128. The van der Waals surface area contributed by atoms with Gasteiger partial charge in [-0.2, -0.15) is 0 Å². The van der Waals surface area contributed by atoms with Gasteiger partial charge in [-0.3, -0.25) is 19.6 Å². The Morgan fingerprint density at radius 1 is 0.706 bits per heavy atom. The predicted molar refractivity (Wildman–Crippen MR) is 198 cm³/mol. The zero-order chi connectivity index (χ0) is 35.3. The number of amides is 2. The summed E-state index contributed by atoms with van der Waals surface area (Å²) in [7, 11) is 1.85. The zero-order valence-corrected chi connectivity index (χ0v) is 28.9. The third kappa shape index (κ3) is 7.82. The summed E-state index contributed by atoms with van der Waals surface area (Å²) in [6.07, 6.45) is 12.2. The molecule has 0 unspecified atom stereocenters. The topological polar surface area (TPSA) is 127 Å². The Kier molecular flexibility index (Phi) is 9.87. The van der Waals surface area contributed by atoms with Gasteiger partial charge in [-0.25, -0.2) is 19.9 Å². The fourth-order valence-electron chi connectivity index (χ4n) is 5.51. The molecule has 8 rings (SSSR count). The van der Waals surface area contributed by atoms with Crippen LogP contribution in [-0.4, -0.2) is 59.7 Å². The van der Waals surface area contributed by atoms with Crippen LogP contribution in [0.5, 0.6) is 0 Å². The number of nitrogens with one attached hydrogen (secondary N) is 1. The van der Waals surface area contributed by atoms with Crippen molar-refractivity contribution in [2.45, 2.75) is 25.4 Å². The third-order valence-electron chi connectivity index (χ3n) is 8.45. The van der Waals surface area contributed by atoms with Crippen LogP contribution in [0.25, 0.3) is 44.1 Å². The average Bonchev–Trinajstić information content (AvgIpc) is 4.03. The molecule has 1 saturated carbocycles. The minimum atomic E-state index is -0.269. The first-order chi connectivity index (χ1) is 24.8. The van der Waals surface area contributed by atoms with Gasteiger partial charge in [-0.1, -0.05) is 47.5 Å². The molecule has 0 spiro atoms. The van der Waals surface area contributed by atoms with Crippen molar-refractivity contribution in [1.29, 1.82) is 0 Å². The highest BCUT2D eigenvalue weighted by Gasteiger charge is 2.30. The van der Waals surface area contributed by atoms with Crippen LogP contribution in [-0.2, 0) is 6.54 Å². The van der Waals surface area contributed by atoms with E-state index in [9.17, 15) is 9.59 Å². The second-order valence-corrected chi connectivity index (χ2v) is 12.8. The van der Waals surface area contributed by atoms with Gasteiger partial charge >= 0.3 is 0 Å². The third-order valence-corrected chi connectivity index (χ3v) is 8.95. The van der Waals surface area contributed by atoms with E-state index in [2.05, 4.69) is 35.2 Å². The first-order valence-electron chi connectivity index (χ1n) is 16.2. The van der Waals surface area contributed by atoms with Gasteiger partial charge in [0.25, 0.3) is 11.8 Å². The van der Waals surface area contributed by atoms with Gasteiger partial charge in [0.05, 0.1) is 23.3 Å². The summed E-state index contributed by atoms with van der Waals surface area (Å²) in [5, 5.41) is 5.93. The number of rotatable bonds is 7. The summed E-state index contributed by atoms with van der Waals surface area (Å²) in [6.45, 7) is 0.307. The molecule has 0 saturated heterocycles. The van der Waals surface area contributed by atoms with Gasteiger partial charge < -0.3 is 10.2 Å². The largest absolute Gasteiger partial charge is 0.345 e. The number of halogens is 2. The van der Waals surface area contributed by atoms with Gasteiger partial charge in [0.1, 0.15) is 17.7 Å². The van der Waals surface area contributed by atoms with Crippen LogP contribution in [0.4, 0.5) is 0 Å². The molecule has 0 bridgehead atoms. The normalized spacial score (nSPS) is 12.2. The lowest BCUT2D eigenvalue weighted by atomic mass is 10.0. The number of carbonyl (C=O) groups is 2. The Morgan fingerprint density at radius 2 is 1.25 bits per heavy atom. The number of hydrogen-bond acceptors (Lipinski definition) is 8. The van der Waals surface area contributed by atoms with Crippen molar-refractivity contribution in [2.24, 2.45) is 0 Å². The van der Waals surface area contributed by atoms with E-state index in [4.69, 9.17) is 23.2 Å². The van der Waals surface area contributed by atoms with Crippen molar-refractivity contribution in [3.05, 3.63) is 143 Å². The van der Waals surface area contributed by atoms with Crippen molar-refractivity contribution >= 4 is 56.8 Å². The highest BCUT2D eigenvalue weighted by Crippen LogP contribution is 2.30. The SMILES string of the molecule is CN(C(=O)c1ccc2cncc(-c3ccc(Cl)cc3)c2n1)C1CC1.O=C(NCc1ccncn1)c1ccc2cncc(-c3ccc(Cl)cc3)c2n1. The second-order valence-electron chi connectivity index (χ2n) is 12.0. The molecular formula is C39H30Cl2N8O2. The van der Waals surface area contributed by atoms with Gasteiger partial charge in [0.2, 0.25) is 0 Å². The van der Waals surface area contributed by atoms with Gasteiger partial charge in [0, 0.05) is 76.0 Å². The van der Waals surface area contributed by atoms with Crippen LogP contribution in [0.15, 0.2) is 116 Å². The molecule has 1 fully saturated rings. The second kappa shape index (κ2) is 15.0. The number of benzene rings is 2. The molecule has 1 aliphatic rings. The maximum atomic E-state index is 12.6. The Morgan fingerprint density at radius 3 is 1.78 bits per heavy atom. The van der Waals surface area contributed by atoms with Crippen LogP contribution < -0.4 is 5.32 Å². The van der Waals surface area contributed by atoms with Crippen molar-refractivity contribution in [2.75, 3.05) is 7.05 Å². The Bertz CT molecular complexity index is 2350. The van der Waals surface area contributed by atoms with Gasteiger partial charge in [-0.15, -0.1) is 0 Å². The summed E-state index contributed by atoms with van der Waals surface area (Å²) < 4.78 is 0. The molecule has 0 aliphatic heterocycles. The van der Waals surface area contributed by atoms with Crippen LogP contribution in [0, 0.1) is 0 Å². The predicted octanol–water partition coefficient (Wildman–Crippen LogP) is 7.85. The van der Waals surface area contributed by atoms with Gasteiger partial charge in [-0.05, 0) is 78.6 Å². The highest BCUT2D eigenvalue weighted by molar-refractivity contribution is 6.31.